The van der Waals surface area contributed by atoms with Crippen molar-refractivity contribution in [2.24, 2.45) is 11.7 Å². The van der Waals surface area contributed by atoms with Crippen molar-refractivity contribution in [3.63, 3.8) is 0 Å². The van der Waals surface area contributed by atoms with E-state index < -0.39 is 30.5 Å². The molecule has 0 saturated heterocycles. The third-order valence-corrected chi connectivity index (χ3v) is 3.41. The predicted octanol–water partition coefficient (Wildman–Crippen LogP) is 2.22. The highest BCUT2D eigenvalue weighted by molar-refractivity contribution is 5.95. The Balaban J connectivity index is 2.60. The molecule has 2 amide bonds. The van der Waals surface area contributed by atoms with Gasteiger partial charge in [-0.25, -0.2) is 0 Å². The topological polar surface area (TPSA) is 84.2 Å². The van der Waals surface area contributed by atoms with Crippen molar-refractivity contribution in [3.05, 3.63) is 29.8 Å². The van der Waals surface area contributed by atoms with Crippen LogP contribution in [0.1, 0.15) is 25.8 Å². The lowest BCUT2D eigenvalue weighted by atomic mass is 10.1. The highest BCUT2D eigenvalue weighted by Gasteiger charge is 2.27. The van der Waals surface area contributed by atoms with Crippen molar-refractivity contribution in [1.29, 1.82) is 0 Å². The normalized spacial score (nSPS) is 12.8. The van der Waals surface area contributed by atoms with Gasteiger partial charge < -0.3 is 16.4 Å². The standard InChI is InChI=1S/C16H22F3N3O2/c1-10(2)14(20)15(24)21-9-13(23)22-12-6-4-3-5-11(12)7-8-16(17,18)19/h3-6,10,14H,7-9,20H2,1-2H3,(H,21,24)(H,22,23)/t14-/m0/s1. The number of benzene rings is 1. The van der Waals surface area contributed by atoms with Crippen LogP contribution in [-0.4, -0.2) is 30.6 Å². The van der Waals surface area contributed by atoms with E-state index in [0.29, 0.717) is 11.3 Å². The maximum absolute atomic E-state index is 12.3. The molecule has 0 spiro atoms. The number of nitrogens with one attached hydrogen (secondary N) is 2. The lowest BCUT2D eigenvalue weighted by molar-refractivity contribution is -0.134. The molecule has 0 saturated carbocycles. The molecule has 8 heteroatoms. The zero-order valence-corrected chi connectivity index (χ0v) is 13.6. The number of rotatable bonds is 7. The summed E-state index contributed by atoms with van der Waals surface area (Å²) in [4.78, 5) is 23.6. The van der Waals surface area contributed by atoms with E-state index in [1.54, 1.807) is 26.0 Å². The second-order valence-electron chi connectivity index (χ2n) is 5.81. The molecule has 1 aromatic carbocycles. The van der Waals surface area contributed by atoms with Crippen molar-refractivity contribution in [3.8, 4) is 0 Å². The van der Waals surface area contributed by atoms with Gasteiger partial charge in [-0.05, 0) is 24.0 Å². The molecule has 0 aliphatic carbocycles. The van der Waals surface area contributed by atoms with Crippen molar-refractivity contribution >= 4 is 17.5 Å². The molecule has 0 aliphatic rings. The van der Waals surface area contributed by atoms with E-state index >= 15 is 0 Å². The first-order valence-corrected chi connectivity index (χ1v) is 7.58. The minimum atomic E-state index is -4.27. The number of para-hydroxylation sites is 1. The molecule has 0 aromatic heterocycles. The first kappa shape index (κ1) is 20.0. The second kappa shape index (κ2) is 8.68. The highest BCUT2D eigenvalue weighted by Crippen LogP contribution is 2.25. The molecule has 134 valence electrons. The summed E-state index contributed by atoms with van der Waals surface area (Å²) >= 11 is 0. The summed E-state index contributed by atoms with van der Waals surface area (Å²) in [7, 11) is 0. The van der Waals surface area contributed by atoms with Gasteiger partial charge >= 0.3 is 6.18 Å². The molecule has 0 fully saturated rings. The monoisotopic (exact) mass is 345 g/mol. The largest absolute Gasteiger partial charge is 0.389 e. The predicted molar refractivity (Wildman–Crippen MR) is 85.3 cm³/mol. The van der Waals surface area contributed by atoms with E-state index in [0.717, 1.165) is 0 Å². The van der Waals surface area contributed by atoms with Crippen LogP contribution in [0.2, 0.25) is 0 Å². The molecular formula is C16H22F3N3O2. The number of hydrogen-bond acceptors (Lipinski definition) is 3. The van der Waals surface area contributed by atoms with E-state index in [9.17, 15) is 22.8 Å². The summed E-state index contributed by atoms with van der Waals surface area (Å²) in [5, 5.41) is 4.91. The SMILES string of the molecule is CC(C)[C@H](N)C(=O)NCC(=O)Nc1ccccc1CCC(F)(F)F. The quantitative estimate of drug-likeness (QED) is 0.708. The highest BCUT2D eigenvalue weighted by atomic mass is 19.4. The Morgan fingerprint density at radius 3 is 2.42 bits per heavy atom. The van der Waals surface area contributed by atoms with Gasteiger partial charge in [0.1, 0.15) is 0 Å². The Labute approximate surface area is 138 Å². The minimum absolute atomic E-state index is 0.0730. The summed E-state index contributed by atoms with van der Waals surface area (Å²) in [5.41, 5.74) is 6.34. The number of alkyl halides is 3. The van der Waals surface area contributed by atoms with E-state index in [4.69, 9.17) is 5.73 Å². The molecule has 5 nitrogen and oxygen atoms in total. The molecule has 0 unspecified atom stereocenters. The van der Waals surface area contributed by atoms with Crippen LogP contribution in [0.25, 0.3) is 0 Å². The lowest BCUT2D eigenvalue weighted by Crippen LogP contribution is -2.46. The van der Waals surface area contributed by atoms with Gasteiger partial charge in [0.05, 0.1) is 12.6 Å². The van der Waals surface area contributed by atoms with Gasteiger partial charge in [0.15, 0.2) is 0 Å². The molecule has 0 heterocycles. The number of aryl methyl sites for hydroxylation is 1. The third-order valence-electron chi connectivity index (χ3n) is 3.41. The van der Waals surface area contributed by atoms with Gasteiger partial charge in [-0.15, -0.1) is 0 Å². The number of anilines is 1. The summed E-state index contributed by atoms with van der Waals surface area (Å²) in [6, 6.07) is 5.53. The molecule has 0 bridgehead atoms. The summed E-state index contributed by atoms with van der Waals surface area (Å²) < 4.78 is 37.0. The van der Waals surface area contributed by atoms with Crippen molar-refractivity contribution in [2.45, 2.75) is 38.9 Å². The molecule has 1 rings (SSSR count). The van der Waals surface area contributed by atoms with Crippen LogP contribution in [0.15, 0.2) is 24.3 Å². The number of halogens is 3. The average molecular weight is 345 g/mol. The van der Waals surface area contributed by atoms with Gasteiger partial charge in [0, 0.05) is 12.1 Å². The minimum Gasteiger partial charge on any atom is -0.346 e. The molecule has 0 radical (unpaired) electrons. The van der Waals surface area contributed by atoms with Crippen LogP contribution < -0.4 is 16.4 Å². The van der Waals surface area contributed by atoms with Gasteiger partial charge in [0.2, 0.25) is 11.8 Å². The van der Waals surface area contributed by atoms with Gasteiger partial charge in [-0.1, -0.05) is 32.0 Å². The smallest absolute Gasteiger partial charge is 0.346 e. The number of hydrogen-bond donors (Lipinski definition) is 3. The fourth-order valence-corrected chi connectivity index (χ4v) is 1.92. The first-order valence-electron chi connectivity index (χ1n) is 7.58. The van der Waals surface area contributed by atoms with Gasteiger partial charge in [-0.2, -0.15) is 13.2 Å². The van der Waals surface area contributed by atoms with Gasteiger partial charge in [-0.3, -0.25) is 9.59 Å². The Bertz CT molecular complexity index is 574. The van der Waals surface area contributed by atoms with Crippen LogP contribution in [0, 0.1) is 5.92 Å². The Morgan fingerprint density at radius 1 is 1.21 bits per heavy atom. The Morgan fingerprint density at radius 2 is 1.83 bits per heavy atom. The zero-order chi connectivity index (χ0) is 18.3. The molecule has 1 atom stereocenters. The van der Waals surface area contributed by atoms with E-state index in [-0.39, 0.29) is 18.9 Å². The van der Waals surface area contributed by atoms with Crippen LogP contribution in [0.4, 0.5) is 18.9 Å². The van der Waals surface area contributed by atoms with Crippen molar-refractivity contribution in [2.75, 3.05) is 11.9 Å². The first-order chi connectivity index (χ1) is 11.1. The summed E-state index contributed by atoms with van der Waals surface area (Å²) in [6.07, 6.45) is -5.47. The van der Waals surface area contributed by atoms with E-state index in [1.165, 1.54) is 12.1 Å². The maximum atomic E-state index is 12.3. The van der Waals surface area contributed by atoms with Crippen LogP contribution in [-0.2, 0) is 16.0 Å². The van der Waals surface area contributed by atoms with Crippen molar-refractivity contribution < 1.29 is 22.8 Å². The summed E-state index contributed by atoms with van der Waals surface area (Å²) in [5.74, 6) is -1.06. The fraction of sp³-hybridized carbons (Fsp3) is 0.500. The van der Waals surface area contributed by atoms with E-state index in [2.05, 4.69) is 10.6 Å². The molecule has 0 aliphatic heterocycles. The number of nitrogens with two attached hydrogens (primary N) is 1. The average Bonchev–Trinajstić information content (AvgIpc) is 2.50. The van der Waals surface area contributed by atoms with Crippen LogP contribution in [0.3, 0.4) is 0 Å². The van der Waals surface area contributed by atoms with Crippen molar-refractivity contribution in [1.82, 2.24) is 5.32 Å². The number of carbonyl (C=O) groups is 2. The van der Waals surface area contributed by atoms with Crippen LogP contribution >= 0.6 is 0 Å². The van der Waals surface area contributed by atoms with Crippen LogP contribution in [0.5, 0.6) is 0 Å². The molecule has 1 aromatic rings. The maximum Gasteiger partial charge on any atom is 0.389 e. The zero-order valence-electron chi connectivity index (χ0n) is 13.6. The van der Waals surface area contributed by atoms with E-state index in [1.807, 2.05) is 0 Å². The second-order valence-corrected chi connectivity index (χ2v) is 5.81. The number of carbonyl (C=O) groups excluding carboxylic acids is 2. The Kier molecular flexibility index (Phi) is 7.21. The molecular weight excluding hydrogens is 323 g/mol. The van der Waals surface area contributed by atoms with Gasteiger partial charge in [0.25, 0.3) is 0 Å². The molecule has 24 heavy (non-hydrogen) atoms. The Hall–Kier alpha value is -2.09. The lowest BCUT2D eigenvalue weighted by Gasteiger charge is -2.16. The molecule has 4 N–H and O–H groups in total. The third kappa shape index (κ3) is 6.99. The fourth-order valence-electron chi connectivity index (χ4n) is 1.92. The number of amides is 2. The summed E-state index contributed by atoms with van der Waals surface area (Å²) in [6.45, 7) is 3.26.